The number of nitrogens with one attached hydrogen (secondary N) is 1. The Hall–Kier alpha value is -2.69. The molecule has 6 N–H and O–H groups in total. The van der Waals surface area contributed by atoms with E-state index >= 15 is 4.39 Å². The SMILES string of the molecule is Nc1nc2c(ncn2[C@@H]2OC3CO[P@@](=O)(S)O[C@@H]4[C@H](O)C(CO[P@](=O)(S)O[C@H]3[C@H]2F)O[C@H]4n2cnc3c(N)ncnc32)c(=O)[nH]1. The van der Waals surface area contributed by atoms with Crippen LogP contribution in [0.3, 0.4) is 0 Å². The van der Waals surface area contributed by atoms with Crippen LogP contribution in [-0.2, 0) is 36.7 Å². The quantitative estimate of drug-likeness (QED) is 0.122. The third-order valence-electron chi connectivity index (χ3n) is 7.28. The number of thiol groups is 2. The Kier molecular flexibility index (Phi) is 7.72. The summed E-state index contributed by atoms with van der Waals surface area (Å²) in [5, 5.41) is 11.1. The van der Waals surface area contributed by atoms with Gasteiger partial charge in [0, 0.05) is 0 Å². The summed E-state index contributed by atoms with van der Waals surface area (Å²) in [6.07, 6.45) is -8.71. The number of hydrogen-bond donors (Lipinski definition) is 6. The third-order valence-corrected chi connectivity index (χ3v) is 10.5. The summed E-state index contributed by atoms with van der Waals surface area (Å²) in [4.78, 5) is 34.7. The molecular weight excluding hydrogens is 685 g/mol. The molecule has 0 amide bonds. The number of H-pyrrole nitrogens is 1. The lowest BCUT2D eigenvalue weighted by Gasteiger charge is -2.26. The van der Waals surface area contributed by atoms with Crippen molar-refractivity contribution < 1.29 is 46.2 Å². The molecule has 3 fully saturated rings. The van der Waals surface area contributed by atoms with Crippen LogP contribution in [0.4, 0.5) is 16.2 Å². The Balaban J connectivity index is 1.21. The molecule has 7 heterocycles. The van der Waals surface area contributed by atoms with Gasteiger partial charge in [0.15, 0.2) is 41.3 Å². The zero-order chi connectivity index (χ0) is 31.8. The lowest BCUT2D eigenvalue weighted by molar-refractivity contribution is -0.0568. The number of hydrogen-bond acceptors (Lipinski definition) is 17. The van der Waals surface area contributed by atoms with Crippen LogP contribution in [0.15, 0.2) is 23.8 Å². The third kappa shape index (κ3) is 5.54. The van der Waals surface area contributed by atoms with Crippen LogP contribution in [0.1, 0.15) is 12.5 Å². The van der Waals surface area contributed by atoms with Gasteiger partial charge in [-0.05, 0) is 0 Å². The molecule has 0 spiro atoms. The number of aromatic nitrogens is 8. The summed E-state index contributed by atoms with van der Waals surface area (Å²) >= 11 is 8.04. The fraction of sp³-hybridized carbons (Fsp3) is 0.500. The smallest absolute Gasteiger partial charge is 0.386 e. The second-order valence-corrected chi connectivity index (χ2v) is 15.8. The van der Waals surface area contributed by atoms with Crippen molar-refractivity contribution in [3.8, 4) is 0 Å². The van der Waals surface area contributed by atoms with Gasteiger partial charge < -0.3 is 26.0 Å². The van der Waals surface area contributed by atoms with Crippen LogP contribution in [0.25, 0.3) is 22.3 Å². The number of aromatic amines is 1. The molecule has 3 aliphatic heterocycles. The molecule has 45 heavy (non-hydrogen) atoms. The van der Waals surface area contributed by atoms with Crippen LogP contribution >= 0.6 is 38.1 Å². The van der Waals surface area contributed by atoms with Gasteiger partial charge in [-0.1, -0.05) is 24.5 Å². The molecule has 0 saturated carbocycles. The van der Waals surface area contributed by atoms with Crippen molar-refractivity contribution in [1.82, 2.24) is 39.0 Å². The topological polar surface area (TPSA) is 269 Å². The Morgan fingerprint density at radius 2 is 1.53 bits per heavy atom. The van der Waals surface area contributed by atoms with Crippen molar-refractivity contribution in [2.45, 2.75) is 49.1 Å². The summed E-state index contributed by atoms with van der Waals surface area (Å²) in [6, 6.07) is 0. The van der Waals surface area contributed by atoms with Crippen LogP contribution in [0.5, 0.6) is 0 Å². The number of rotatable bonds is 2. The minimum absolute atomic E-state index is 0.0680. The van der Waals surface area contributed by atoms with E-state index in [1.165, 1.54) is 17.2 Å². The van der Waals surface area contributed by atoms with E-state index in [0.29, 0.717) is 0 Å². The number of imidazole rings is 2. The molecule has 25 heteroatoms. The van der Waals surface area contributed by atoms with Gasteiger partial charge in [-0.25, -0.2) is 33.5 Å². The summed E-state index contributed by atoms with van der Waals surface area (Å²) in [5.74, 6) is -0.193. The highest BCUT2D eigenvalue weighted by Crippen LogP contribution is 2.60. The van der Waals surface area contributed by atoms with Crippen LogP contribution < -0.4 is 17.0 Å². The van der Waals surface area contributed by atoms with Gasteiger partial charge in [0.25, 0.3) is 5.56 Å². The van der Waals surface area contributed by atoms with E-state index in [1.54, 1.807) is 0 Å². The normalized spacial score (nSPS) is 37.7. The van der Waals surface area contributed by atoms with Gasteiger partial charge in [0.05, 0.1) is 25.9 Å². The molecule has 4 aromatic heterocycles. The van der Waals surface area contributed by atoms with Gasteiger partial charge in [0.1, 0.15) is 42.4 Å². The highest BCUT2D eigenvalue weighted by Gasteiger charge is 2.54. The van der Waals surface area contributed by atoms with Gasteiger partial charge >= 0.3 is 13.6 Å². The van der Waals surface area contributed by atoms with E-state index in [2.05, 4.69) is 54.4 Å². The number of aliphatic hydroxyl groups is 1. The van der Waals surface area contributed by atoms with E-state index in [9.17, 15) is 19.0 Å². The number of aliphatic hydroxyl groups excluding tert-OH is 1. The van der Waals surface area contributed by atoms with Crippen LogP contribution in [0.2, 0.25) is 0 Å². The molecule has 2 unspecified atom stereocenters. The maximum atomic E-state index is 16.0. The van der Waals surface area contributed by atoms with Crippen molar-refractivity contribution in [1.29, 1.82) is 0 Å². The van der Waals surface area contributed by atoms with Crippen molar-refractivity contribution in [2.75, 3.05) is 24.7 Å². The highest BCUT2D eigenvalue weighted by atomic mass is 32.7. The standard InChI is InChI=1S/C20H23FN10O10P2S2/c21-8-12-7(39-18(8)31-5-27-10-16(31)28-20(23)29-17(10)33)2-37-43(35,45)41-13-11(32)6(1-36-42(34,44)40-12)38-19(13)30-4-26-9-14(22)24-3-25-15(9)30/h3-8,11-13,18-19,32H,1-2H2,(H,34,44)(H,35,45)(H2,22,24,25)(H3,23,28,29,33)/t6?,7?,8-,11-,12-,13-,18-,19-,42+,43-/m1/s1. The van der Waals surface area contributed by atoms with Crippen molar-refractivity contribution in [3.63, 3.8) is 0 Å². The van der Waals surface area contributed by atoms with E-state index in [4.69, 9.17) is 39.0 Å². The summed E-state index contributed by atoms with van der Waals surface area (Å²) in [5.41, 5.74) is 11.0. The predicted molar refractivity (Wildman–Crippen MR) is 156 cm³/mol. The van der Waals surface area contributed by atoms with Crippen LogP contribution in [0, 0.1) is 0 Å². The Labute approximate surface area is 260 Å². The molecule has 2 bridgehead atoms. The van der Waals surface area contributed by atoms with Crippen molar-refractivity contribution >= 4 is 72.2 Å². The Bertz CT molecular complexity index is 1950. The number of ether oxygens (including phenoxy) is 2. The molecular formula is C20H23FN10O10P2S2. The van der Waals surface area contributed by atoms with E-state index in [0.717, 1.165) is 10.9 Å². The summed E-state index contributed by atoms with van der Waals surface area (Å²) in [6.45, 7) is -10.1. The Morgan fingerprint density at radius 3 is 2.27 bits per heavy atom. The highest BCUT2D eigenvalue weighted by molar-refractivity contribution is 8.44. The fourth-order valence-corrected chi connectivity index (χ4v) is 8.20. The van der Waals surface area contributed by atoms with Crippen molar-refractivity contribution in [3.05, 3.63) is 29.3 Å². The second-order valence-electron chi connectivity index (χ2n) is 10.1. The van der Waals surface area contributed by atoms with Gasteiger partial charge in [-0.15, -0.1) is 0 Å². The van der Waals surface area contributed by atoms with Crippen molar-refractivity contribution in [2.24, 2.45) is 0 Å². The van der Waals surface area contributed by atoms with E-state index < -0.39 is 81.5 Å². The average molecular weight is 709 g/mol. The number of anilines is 2. The van der Waals surface area contributed by atoms with E-state index in [1.807, 2.05) is 0 Å². The zero-order valence-corrected chi connectivity index (χ0v) is 25.9. The number of nitrogen functional groups attached to an aromatic ring is 2. The molecule has 3 aliphatic rings. The second kappa shape index (κ2) is 11.2. The molecule has 0 radical (unpaired) electrons. The average Bonchev–Trinajstić information content (AvgIpc) is 3.72. The number of nitrogens with zero attached hydrogens (tertiary/aromatic N) is 7. The zero-order valence-electron chi connectivity index (χ0n) is 22.3. The summed E-state index contributed by atoms with van der Waals surface area (Å²) < 4.78 is 79.1. The Morgan fingerprint density at radius 1 is 0.911 bits per heavy atom. The molecule has 4 aromatic rings. The van der Waals surface area contributed by atoms with E-state index in [-0.39, 0.29) is 34.1 Å². The fourth-order valence-electron chi connectivity index (χ4n) is 5.26. The molecule has 10 atom stereocenters. The first-order valence-corrected chi connectivity index (χ1v) is 18.3. The molecule has 0 aromatic carbocycles. The number of nitrogens with two attached hydrogens (primary N) is 2. The molecule has 20 nitrogen and oxygen atoms in total. The lowest BCUT2D eigenvalue weighted by atomic mass is 10.1. The number of fused-ring (bicyclic) bond motifs is 5. The largest absolute Gasteiger partial charge is 0.387 e. The molecule has 7 rings (SSSR count). The maximum Gasteiger partial charge on any atom is 0.386 e. The first-order valence-electron chi connectivity index (χ1n) is 12.9. The minimum Gasteiger partial charge on any atom is -0.387 e. The summed E-state index contributed by atoms with van der Waals surface area (Å²) in [7, 11) is 0. The first-order chi connectivity index (χ1) is 21.3. The van der Waals surface area contributed by atoms with Gasteiger partial charge in [-0.3, -0.25) is 37.0 Å². The predicted octanol–water partition coefficient (Wildman–Crippen LogP) is 0.511. The molecule has 3 saturated heterocycles. The lowest BCUT2D eigenvalue weighted by Crippen LogP contribution is -2.35. The molecule has 0 aliphatic carbocycles. The number of halogens is 1. The van der Waals surface area contributed by atoms with Crippen LogP contribution in [-0.4, -0.2) is 94.0 Å². The molecule has 242 valence electrons. The first kappa shape index (κ1) is 30.9. The van der Waals surface area contributed by atoms with Gasteiger partial charge in [0.2, 0.25) is 5.95 Å². The minimum atomic E-state index is -4.42. The monoisotopic (exact) mass is 708 g/mol. The number of alkyl halides is 1. The van der Waals surface area contributed by atoms with Gasteiger partial charge in [-0.2, -0.15) is 4.98 Å². The maximum absolute atomic E-state index is 16.0.